The van der Waals surface area contributed by atoms with E-state index >= 15 is 0 Å². The van der Waals surface area contributed by atoms with Crippen molar-refractivity contribution in [2.24, 2.45) is 0 Å². The molecule has 0 radical (unpaired) electrons. The molecule has 1 aliphatic heterocycles. The summed E-state index contributed by atoms with van der Waals surface area (Å²) < 4.78 is 7.72. The summed E-state index contributed by atoms with van der Waals surface area (Å²) in [6.45, 7) is 2.87. The van der Waals surface area contributed by atoms with Crippen molar-refractivity contribution in [1.29, 1.82) is 0 Å². The summed E-state index contributed by atoms with van der Waals surface area (Å²) in [7, 11) is 0. The quantitative estimate of drug-likeness (QED) is 0.832. The first-order chi connectivity index (χ1) is 9.56. The first-order valence-corrected chi connectivity index (χ1v) is 7.39. The first-order valence-electron chi connectivity index (χ1n) is 6.22. The molecule has 0 amide bonds. The van der Waals surface area contributed by atoms with Crippen LogP contribution in [0.15, 0.2) is 27.6 Å². The molecule has 0 aliphatic carbocycles. The van der Waals surface area contributed by atoms with Crippen LogP contribution >= 0.6 is 27.5 Å². The first kappa shape index (κ1) is 13.6. The SMILES string of the molecule is Cc1ncc(Br)c(=O)n1Cc1cc(Cl)cc2c1OCC2. The van der Waals surface area contributed by atoms with Gasteiger partial charge in [-0.05, 0) is 40.5 Å². The van der Waals surface area contributed by atoms with Crippen molar-refractivity contribution in [3.05, 3.63) is 55.1 Å². The third-order valence-electron chi connectivity index (χ3n) is 3.36. The van der Waals surface area contributed by atoms with Crippen LogP contribution in [0.4, 0.5) is 0 Å². The lowest BCUT2D eigenvalue weighted by Gasteiger charge is -2.13. The predicted octanol–water partition coefficient (Wildman–Crippen LogP) is 2.95. The van der Waals surface area contributed by atoms with Gasteiger partial charge in [-0.3, -0.25) is 9.36 Å². The highest BCUT2D eigenvalue weighted by Gasteiger charge is 2.19. The van der Waals surface area contributed by atoms with Crippen molar-refractivity contribution in [3.63, 3.8) is 0 Å². The van der Waals surface area contributed by atoms with Gasteiger partial charge < -0.3 is 4.74 Å². The molecule has 3 rings (SSSR count). The van der Waals surface area contributed by atoms with Crippen LogP contribution in [0.3, 0.4) is 0 Å². The van der Waals surface area contributed by atoms with Crippen molar-refractivity contribution in [2.45, 2.75) is 19.9 Å². The van der Waals surface area contributed by atoms with Gasteiger partial charge in [0, 0.05) is 23.2 Å². The second-order valence-electron chi connectivity index (χ2n) is 4.70. The Morgan fingerprint density at radius 2 is 2.30 bits per heavy atom. The van der Waals surface area contributed by atoms with Crippen molar-refractivity contribution in [1.82, 2.24) is 9.55 Å². The number of fused-ring (bicyclic) bond motifs is 1. The Labute approximate surface area is 129 Å². The van der Waals surface area contributed by atoms with E-state index in [1.54, 1.807) is 11.5 Å². The molecular weight excluding hydrogens is 344 g/mol. The summed E-state index contributed by atoms with van der Waals surface area (Å²) in [6.07, 6.45) is 2.38. The summed E-state index contributed by atoms with van der Waals surface area (Å²) in [5.41, 5.74) is 1.90. The Hall–Kier alpha value is -1.33. The molecule has 0 spiro atoms. The van der Waals surface area contributed by atoms with Crippen LogP contribution in [0.5, 0.6) is 5.75 Å². The maximum atomic E-state index is 12.2. The predicted molar refractivity (Wildman–Crippen MR) is 80.7 cm³/mol. The number of halogens is 2. The zero-order valence-electron chi connectivity index (χ0n) is 10.8. The van der Waals surface area contributed by atoms with E-state index in [1.807, 2.05) is 12.1 Å². The van der Waals surface area contributed by atoms with E-state index < -0.39 is 0 Å². The molecule has 0 bridgehead atoms. The van der Waals surface area contributed by atoms with E-state index in [4.69, 9.17) is 16.3 Å². The van der Waals surface area contributed by atoms with Gasteiger partial charge in [0.2, 0.25) is 0 Å². The lowest BCUT2D eigenvalue weighted by atomic mass is 10.1. The van der Waals surface area contributed by atoms with Crippen molar-refractivity contribution in [2.75, 3.05) is 6.61 Å². The highest BCUT2D eigenvalue weighted by molar-refractivity contribution is 9.10. The van der Waals surface area contributed by atoms with E-state index in [-0.39, 0.29) is 5.56 Å². The Balaban J connectivity index is 2.09. The Morgan fingerprint density at radius 3 is 3.10 bits per heavy atom. The molecule has 0 unspecified atom stereocenters. The third kappa shape index (κ3) is 2.36. The number of hydrogen-bond acceptors (Lipinski definition) is 3. The van der Waals surface area contributed by atoms with Gasteiger partial charge in [-0.2, -0.15) is 0 Å². The van der Waals surface area contributed by atoms with Crippen LogP contribution < -0.4 is 10.3 Å². The average molecular weight is 356 g/mol. The fourth-order valence-corrected chi connectivity index (χ4v) is 2.95. The van der Waals surface area contributed by atoms with Gasteiger partial charge in [0.15, 0.2) is 0 Å². The maximum absolute atomic E-state index is 12.2. The molecule has 1 aromatic heterocycles. The minimum absolute atomic E-state index is 0.107. The van der Waals surface area contributed by atoms with E-state index in [9.17, 15) is 4.79 Å². The van der Waals surface area contributed by atoms with Gasteiger partial charge in [-0.25, -0.2) is 4.98 Å². The smallest absolute Gasteiger partial charge is 0.268 e. The number of ether oxygens (including phenoxy) is 1. The largest absolute Gasteiger partial charge is 0.493 e. The van der Waals surface area contributed by atoms with Crippen molar-refractivity contribution < 1.29 is 4.74 Å². The van der Waals surface area contributed by atoms with Gasteiger partial charge in [0.1, 0.15) is 16.0 Å². The monoisotopic (exact) mass is 354 g/mol. The van der Waals surface area contributed by atoms with E-state index in [2.05, 4.69) is 20.9 Å². The standard InChI is InChI=1S/C14H12BrClN2O2/c1-8-17-6-12(15)14(19)18(8)7-10-5-11(16)4-9-2-3-20-13(9)10/h4-6H,2-3,7H2,1H3. The molecule has 20 heavy (non-hydrogen) atoms. The van der Waals surface area contributed by atoms with Gasteiger partial charge in [0.05, 0.1) is 13.2 Å². The summed E-state index contributed by atoms with van der Waals surface area (Å²) in [5.74, 6) is 1.51. The summed E-state index contributed by atoms with van der Waals surface area (Å²) >= 11 is 9.36. The number of aromatic nitrogens is 2. The minimum atomic E-state index is -0.107. The Kier molecular flexibility index (Phi) is 3.56. The number of benzene rings is 1. The molecule has 4 nitrogen and oxygen atoms in total. The van der Waals surface area contributed by atoms with E-state index in [0.29, 0.717) is 28.5 Å². The summed E-state index contributed by atoms with van der Waals surface area (Å²) in [6, 6.07) is 3.76. The average Bonchev–Trinajstić information content (AvgIpc) is 2.87. The molecule has 0 saturated carbocycles. The molecule has 2 heterocycles. The molecule has 0 N–H and O–H groups in total. The Bertz CT molecular complexity index is 743. The van der Waals surface area contributed by atoms with Crippen molar-refractivity contribution >= 4 is 27.5 Å². The molecule has 0 saturated heterocycles. The number of aryl methyl sites for hydroxylation is 1. The van der Waals surface area contributed by atoms with Crippen LogP contribution in [0.1, 0.15) is 17.0 Å². The molecular formula is C14H12BrClN2O2. The van der Waals surface area contributed by atoms with Crippen LogP contribution in [-0.2, 0) is 13.0 Å². The fourth-order valence-electron chi connectivity index (χ4n) is 2.37. The van der Waals surface area contributed by atoms with Crippen LogP contribution in [0.2, 0.25) is 5.02 Å². The lowest BCUT2D eigenvalue weighted by molar-refractivity contribution is 0.352. The summed E-state index contributed by atoms with van der Waals surface area (Å²) in [5, 5.41) is 0.665. The zero-order chi connectivity index (χ0) is 14.3. The second kappa shape index (κ2) is 5.22. The lowest BCUT2D eigenvalue weighted by Crippen LogP contribution is -2.24. The Morgan fingerprint density at radius 1 is 1.50 bits per heavy atom. The maximum Gasteiger partial charge on any atom is 0.268 e. The fraction of sp³-hybridized carbons (Fsp3) is 0.286. The van der Waals surface area contributed by atoms with Gasteiger partial charge >= 0.3 is 0 Å². The van der Waals surface area contributed by atoms with Crippen LogP contribution in [0.25, 0.3) is 0 Å². The molecule has 6 heteroatoms. The zero-order valence-corrected chi connectivity index (χ0v) is 13.2. The van der Waals surface area contributed by atoms with Crippen LogP contribution in [0, 0.1) is 6.92 Å². The van der Waals surface area contributed by atoms with Gasteiger partial charge in [-0.15, -0.1) is 0 Å². The second-order valence-corrected chi connectivity index (χ2v) is 5.99. The molecule has 0 atom stereocenters. The topological polar surface area (TPSA) is 44.1 Å². The molecule has 2 aromatic rings. The minimum Gasteiger partial charge on any atom is -0.493 e. The van der Waals surface area contributed by atoms with Gasteiger partial charge in [0.25, 0.3) is 5.56 Å². The highest BCUT2D eigenvalue weighted by atomic mass is 79.9. The molecule has 1 aromatic carbocycles. The van der Waals surface area contributed by atoms with E-state index in [1.165, 1.54) is 6.20 Å². The number of nitrogens with zero attached hydrogens (tertiary/aromatic N) is 2. The number of rotatable bonds is 2. The highest BCUT2D eigenvalue weighted by Crippen LogP contribution is 2.33. The molecule has 104 valence electrons. The third-order valence-corrected chi connectivity index (χ3v) is 4.12. The normalized spacial score (nSPS) is 13.2. The number of hydrogen-bond donors (Lipinski definition) is 0. The van der Waals surface area contributed by atoms with Crippen LogP contribution in [-0.4, -0.2) is 16.2 Å². The van der Waals surface area contributed by atoms with E-state index in [0.717, 1.165) is 23.3 Å². The summed E-state index contributed by atoms with van der Waals surface area (Å²) in [4.78, 5) is 16.4. The van der Waals surface area contributed by atoms with Crippen molar-refractivity contribution in [3.8, 4) is 5.75 Å². The molecule has 0 fully saturated rings. The molecule has 1 aliphatic rings. The van der Waals surface area contributed by atoms with Gasteiger partial charge in [-0.1, -0.05) is 11.6 Å².